The second kappa shape index (κ2) is 6.95. The Balaban J connectivity index is 1.77. The van der Waals surface area contributed by atoms with Gasteiger partial charge in [-0.1, -0.05) is 6.07 Å². The summed E-state index contributed by atoms with van der Waals surface area (Å²) in [5.41, 5.74) is 8.28. The Kier molecular flexibility index (Phi) is 4.74. The van der Waals surface area contributed by atoms with E-state index < -0.39 is 5.91 Å². The molecule has 0 unspecified atom stereocenters. The van der Waals surface area contributed by atoms with Crippen molar-refractivity contribution in [2.24, 2.45) is 11.7 Å². The zero-order chi connectivity index (χ0) is 17.1. The van der Waals surface area contributed by atoms with Crippen LogP contribution in [0.4, 0.5) is 5.82 Å². The van der Waals surface area contributed by atoms with Crippen molar-refractivity contribution in [1.82, 2.24) is 15.0 Å². The van der Waals surface area contributed by atoms with E-state index in [0.717, 1.165) is 31.5 Å². The molecule has 1 aliphatic rings. The van der Waals surface area contributed by atoms with Crippen LogP contribution >= 0.6 is 0 Å². The molecule has 1 atom stereocenters. The summed E-state index contributed by atoms with van der Waals surface area (Å²) in [4.78, 5) is 24.9. The summed E-state index contributed by atoms with van der Waals surface area (Å²) >= 11 is 0. The fraction of sp³-hybridized carbons (Fsp3) is 0.444. The third-order valence-electron chi connectivity index (χ3n) is 4.28. The second-order valence-electron chi connectivity index (χ2n) is 6.63. The molecule has 0 radical (unpaired) electrons. The molecule has 0 fully saturated rings. The number of anilines is 1. The Labute approximate surface area is 141 Å². The standard InChI is InChI=1S/C18H23N5O/c1-11(2)22-18-14(17(19)24)10-21-16(23-18)9-12-5-6-15-13(8-12)4-3-7-20-15/h3-4,7,10-12H,5-6,8-9H2,1-2H3,(H2,19,24)(H,21,22,23)/t12-/m1/s1. The van der Waals surface area contributed by atoms with Gasteiger partial charge in [0.15, 0.2) is 0 Å². The number of aryl methyl sites for hydroxylation is 1. The van der Waals surface area contributed by atoms with E-state index in [2.05, 4.69) is 26.3 Å². The summed E-state index contributed by atoms with van der Waals surface area (Å²) < 4.78 is 0. The smallest absolute Gasteiger partial charge is 0.254 e. The van der Waals surface area contributed by atoms with Gasteiger partial charge < -0.3 is 11.1 Å². The molecular weight excluding hydrogens is 302 g/mol. The maximum Gasteiger partial charge on any atom is 0.254 e. The third kappa shape index (κ3) is 3.69. The molecule has 0 spiro atoms. The lowest BCUT2D eigenvalue weighted by Crippen LogP contribution is -2.22. The number of carbonyl (C=O) groups is 1. The van der Waals surface area contributed by atoms with E-state index in [1.165, 1.54) is 17.5 Å². The molecule has 6 nitrogen and oxygen atoms in total. The number of aromatic nitrogens is 3. The van der Waals surface area contributed by atoms with Crippen molar-refractivity contribution in [3.63, 3.8) is 0 Å². The van der Waals surface area contributed by atoms with Crippen LogP contribution in [0.1, 0.15) is 47.7 Å². The van der Waals surface area contributed by atoms with Crippen LogP contribution in [-0.4, -0.2) is 26.9 Å². The molecule has 2 aromatic rings. The molecule has 0 aliphatic heterocycles. The van der Waals surface area contributed by atoms with Gasteiger partial charge in [0, 0.05) is 30.6 Å². The van der Waals surface area contributed by atoms with E-state index in [9.17, 15) is 4.79 Å². The van der Waals surface area contributed by atoms with Crippen molar-refractivity contribution in [3.8, 4) is 0 Å². The van der Waals surface area contributed by atoms with Crippen molar-refractivity contribution >= 4 is 11.7 Å². The van der Waals surface area contributed by atoms with Gasteiger partial charge in [-0.15, -0.1) is 0 Å². The summed E-state index contributed by atoms with van der Waals surface area (Å²) in [7, 11) is 0. The Hall–Kier alpha value is -2.50. The number of pyridine rings is 1. The number of hydrogen-bond acceptors (Lipinski definition) is 5. The first-order valence-corrected chi connectivity index (χ1v) is 8.38. The van der Waals surface area contributed by atoms with Crippen molar-refractivity contribution in [2.75, 3.05) is 5.32 Å². The lowest BCUT2D eigenvalue weighted by atomic mass is 9.84. The lowest BCUT2D eigenvalue weighted by molar-refractivity contribution is 0.100. The summed E-state index contributed by atoms with van der Waals surface area (Å²) in [6.07, 6.45) is 7.26. The molecule has 126 valence electrons. The minimum absolute atomic E-state index is 0.165. The van der Waals surface area contributed by atoms with E-state index in [0.29, 0.717) is 17.3 Å². The molecule has 2 heterocycles. The Morgan fingerprint density at radius 3 is 3.00 bits per heavy atom. The first-order valence-electron chi connectivity index (χ1n) is 8.38. The van der Waals surface area contributed by atoms with Crippen LogP contribution in [0.25, 0.3) is 0 Å². The largest absolute Gasteiger partial charge is 0.367 e. The number of primary amides is 1. The highest BCUT2D eigenvalue weighted by atomic mass is 16.1. The molecule has 3 N–H and O–H groups in total. The predicted molar refractivity (Wildman–Crippen MR) is 92.8 cm³/mol. The average molecular weight is 325 g/mol. The van der Waals surface area contributed by atoms with Gasteiger partial charge in [-0.2, -0.15) is 0 Å². The summed E-state index contributed by atoms with van der Waals surface area (Å²) in [6.45, 7) is 4.00. The van der Waals surface area contributed by atoms with Gasteiger partial charge in [0.05, 0.1) is 5.56 Å². The van der Waals surface area contributed by atoms with Gasteiger partial charge in [-0.25, -0.2) is 9.97 Å². The number of nitrogens with zero attached hydrogens (tertiary/aromatic N) is 3. The maximum absolute atomic E-state index is 11.5. The summed E-state index contributed by atoms with van der Waals surface area (Å²) in [5, 5.41) is 3.19. The van der Waals surface area contributed by atoms with E-state index in [4.69, 9.17) is 5.73 Å². The van der Waals surface area contributed by atoms with Crippen LogP contribution in [0.2, 0.25) is 0 Å². The summed E-state index contributed by atoms with van der Waals surface area (Å²) in [6, 6.07) is 4.31. The number of fused-ring (bicyclic) bond motifs is 1. The van der Waals surface area contributed by atoms with Gasteiger partial charge in [-0.3, -0.25) is 9.78 Å². The van der Waals surface area contributed by atoms with Crippen molar-refractivity contribution in [1.29, 1.82) is 0 Å². The van der Waals surface area contributed by atoms with E-state index in [1.807, 2.05) is 26.1 Å². The lowest BCUT2D eigenvalue weighted by Gasteiger charge is -2.23. The zero-order valence-corrected chi connectivity index (χ0v) is 14.1. The number of amides is 1. The highest BCUT2D eigenvalue weighted by Crippen LogP contribution is 2.26. The zero-order valence-electron chi connectivity index (χ0n) is 14.1. The quantitative estimate of drug-likeness (QED) is 0.878. The molecule has 6 heteroatoms. The minimum Gasteiger partial charge on any atom is -0.367 e. The molecule has 0 saturated heterocycles. The van der Waals surface area contributed by atoms with Gasteiger partial charge in [0.1, 0.15) is 11.6 Å². The van der Waals surface area contributed by atoms with Crippen LogP contribution < -0.4 is 11.1 Å². The highest BCUT2D eigenvalue weighted by Gasteiger charge is 2.21. The van der Waals surface area contributed by atoms with Crippen molar-refractivity contribution in [3.05, 3.63) is 47.2 Å². The molecule has 3 rings (SSSR count). The predicted octanol–water partition coefficient (Wildman–Crippen LogP) is 2.14. The molecule has 0 bridgehead atoms. The monoisotopic (exact) mass is 325 g/mol. The van der Waals surface area contributed by atoms with Crippen LogP contribution in [0.5, 0.6) is 0 Å². The van der Waals surface area contributed by atoms with Crippen molar-refractivity contribution < 1.29 is 4.79 Å². The van der Waals surface area contributed by atoms with Crippen LogP contribution in [0.3, 0.4) is 0 Å². The first kappa shape index (κ1) is 16.4. The Morgan fingerprint density at radius 2 is 2.25 bits per heavy atom. The van der Waals surface area contributed by atoms with Crippen LogP contribution in [0.15, 0.2) is 24.5 Å². The average Bonchev–Trinajstić information content (AvgIpc) is 2.54. The Bertz CT molecular complexity index is 744. The van der Waals surface area contributed by atoms with Gasteiger partial charge in [-0.05, 0) is 50.7 Å². The van der Waals surface area contributed by atoms with E-state index in [1.54, 1.807) is 0 Å². The maximum atomic E-state index is 11.5. The van der Waals surface area contributed by atoms with Crippen molar-refractivity contribution in [2.45, 2.75) is 45.6 Å². The normalized spacial score (nSPS) is 16.7. The van der Waals surface area contributed by atoms with E-state index in [-0.39, 0.29) is 6.04 Å². The second-order valence-corrected chi connectivity index (χ2v) is 6.63. The highest BCUT2D eigenvalue weighted by molar-refractivity contribution is 5.97. The minimum atomic E-state index is -0.512. The molecule has 0 aromatic carbocycles. The molecule has 0 saturated carbocycles. The molecule has 2 aromatic heterocycles. The van der Waals surface area contributed by atoms with Crippen LogP contribution in [0, 0.1) is 5.92 Å². The Morgan fingerprint density at radius 1 is 1.42 bits per heavy atom. The van der Waals surface area contributed by atoms with E-state index >= 15 is 0 Å². The molecule has 1 amide bonds. The topological polar surface area (TPSA) is 93.8 Å². The van der Waals surface area contributed by atoms with Gasteiger partial charge in [0.25, 0.3) is 5.91 Å². The molecule has 24 heavy (non-hydrogen) atoms. The van der Waals surface area contributed by atoms with Gasteiger partial charge >= 0.3 is 0 Å². The van der Waals surface area contributed by atoms with Gasteiger partial charge in [0.2, 0.25) is 0 Å². The first-order chi connectivity index (χ1) is 11.5. The number of carbonyl (C=O) groups excluding carboxylic acids is 1. The number of nitrogens with two attached hydrogens (primary N) is 1. The van der Waals surface area contributed by atoms with Crippen LogP contribution in [-0.2, 0) is 19.3 Å². The number of hydrogen-bond donors (Lipinski definition) is 2. The SMILES string of the molecule is CC(C)Nc1nc(C[C@@H]2CCc3ncccc3C2)ncc1C(N)=O. The summed E-state index contributed by atoms with van der Waals surface area (Å²) in [5.74, 6) is 1.26. The molecule has 1 aliphatic carbocycles. The number of nitrogens with one attached hydrogen (secondary N) is 1. The molecular formula is C18H23N5O. The fourth-order valence-corrected chi connectivity index (χ4v) is 3.15. The third-order valence-corrected chi connectivity index (χ3v) is 4.28. The fourth-order valence-electron chi connectivity index (χ4n) is 3.15. The number of rotatable bonds is 5.